The molecule has 0 saturated carbocycles. The Labute approximate surface area is 91.9 Å². The lowest BCUT2D eigenvalue weighted by Crippen LogP contribution is -2.43. The van der Waals surface area contributed by atoms with Crippen molar-refractivity contribution in [2.24, 2.45) is 0 Å². The van der Waals surface area contributed by atoms with E-state index in [-0.39, 0.29) is 11.4 Å². The van der Waals surface area contributed by atoms with E-state index in [9.17, 15) is 4.79 Å². The molecule has 15 heavy (non-hydrogen) atoms. The zero-order valence-electron chi connectivity index (χ0n) is 9.95. The van der Waals surface area contributed by atoms with Crippen LogP contribution in [0.2, 0.25) is 0 Å². The zero-order chi connectivity index (χ0) is 11.5. The Morgan fingerprint density at radius 2 is 1.73 bits per heavy atom. The highest BCUT2D eigenvalue weighted by molar-refractivity contribution is 5.79. The van der Waals surface area contributed by atoms with Crippen LogP contribution in [0.5, 0.6) is 0 Å². The monoisotopic (exact) mass is 205 g/mol. The fourth-order valence-corrected chi connectivity index (χ4v) is 1.26. The van der Waals surface area contributed by atoms with Crippen molar-refractivity contribution in [1.82, 2.24) is 4.90 Å². The molecule has 0 saturated heterocycles. The highest BCUT2D eigenvalue weighted by atomic mass is 16.2. The molecule has 1 aromatic carbocycles. The summed E-state index contributed by atoms with van der Waals surface area (Å²) < 4.78 is 0. The van der Waals surface area contributed by atoms with Crippen molar-refractivity contribution in [1.29, 1.82) is 0 Å². The van der Waals surface area contributed by atoms with Crippen molar-refractivity contribution in [2.45, 2.75) is 32.7 Å². The molecule has 82 valence electrons. The van der Waals surface area contributed by atoms with Crippen LogP contribution in [0.25, 0.3) is 0 Å². The van der Waals surface area contributed by atoms with E-state index in [0.29, 0.717) is 6.42 Å². The minimum Gasteiger partial charge on any atom is -0.341 e. The largest absolute Gasteiger partial charge is 0.341 e. The molecule has 0 aliphatic heterocycles. The minimum atomic E-state index is -0.105. The van der Waals surface area contributed by atoms with Crippen molar-refractivity contribution in [3.63, 3.8) is 0 Å². The molecule has 0 radical (unpaired) electrons. The smallest absolute Gasteiger partial charge is 0.227 e. The highest BCUT2D eigenvalue weighted by Gasteiger charge is 2.21. The Morgan fingerprint density at radius 1 is 1.20 bits per heavy atom. The lowest BCUT2D eigenvalue weighted by molar-refractivity contribution is -0.133. The predicted molar refractivity (Wildman–Crippen MR) is 62.7 cm³/mol. The van der Waals surface area contributed by atoms with Crippen molar-refractivity contribution in [3.8, 4) is 0 Å². The van der Waals surface area contributed by atoms with Crippen molar-refractivity contribution in [3.05, 3.63) is 35.9 Å². The maximum Gasteiger partial charge on any atom is 0.227 e. The maximum absolute atomic E-state index is 11.9. The maximum atomic E-state index is 11.9. The molecule has 2 heteroatoms. The van der Waals surface area contributed by atoms with Crippen LogP contribution in [-0.4, -0.2) is 23.4 Å². The summed E-state index contributed by atoms with van der Waals surface area (Å²) in [5.41, 5.74) is 0.963. The van der Waals surface area contributed by atoms with E-state index in [4.69, 9.17) is 0 Å². The zero-order valence-corrected chi connectivity index (χ0v) is 9.95. The number of carbonyl (C=O) groups excluding carboxylic acids is 1. The van der Waals surface area contributed by atoms with Gasteiger partial charge in [-0.15, -0.1) is 0 Å². The summed E-state index contributed by atoms with van der Waals surface area (Å²) in [5.74, 6) is 0.161. The van der Waals surface area contributed by atoms with E-state index in [1.54, 1.807) is 4.90 Å². The van der Waals surface area contributed by atoms with Gasteiger partial charge in [-0.1, -0.05) is 30.3 Å². The quantitative estimate of drug-likeness (QED) is 0.726. The molecule has 0 spiro atoms. The van der Waals surface area contributed by atoms with Gasteiger partial charge in [0.1, 0.15) is 0 Å². The van der Waals surface area contributed by atoms with E-state index in [1.807, 2.05) is 58.2 Å². The van der Waals surface area contributed by atoms with Crippen LogP contribution in [0.4, 0.5) is 0 Å². The molecule has 0 aromatic heterocycles. The lowest BCUT2D eigenvalue weighted by Gasteiger charge is -2.32. The number of hydrogen-bond donors (Lipinski definition) is 0. The predicted octanol–water partition coefficient (Wildman–Crippen LogP) is 2.49. The molecule has 0 N–H and O–H groups in total. The second-order valence-corrected chi connectivity index (χ2v) is 4.79. The van der Waals surface area contributed by atoms with Gasteiger partial charge in [-0.3, -0.25) is 4.79 Å². The molecule has 0 unspecified atom stereocenters. The summed E-state index contributed by atoms with van der Waals surface area (Å²) in [7, 11) is 1.85. The molecule has 0 heterocycles. The van der Waals surface area contributed by atoms with Gasteiger partial charge in [-0.2, -0.15) is 0 Å². The Balaban J connectivity index is 2.65. The molecule has 1 aromatic rings. The summed E-state index contributed by atoms with van der Waals surface area (Å²) in [5, 5.41) is 0. The fourth-order valence-electron chi connectivity index (χ4n) is 1.26. The van der Waals surface area contributed by atoms with Crippen LogP contribution >= 0.6 is 0 Å². The normalized spacial score (nSPS) is 11.2. The Kier molecular flexibility index (Phi) is 3.51. The topological polar surface area (TPSA) is 20.3 Å². The molecule has 1 rings (SSSR count). The third kappa shape index (κ3) is 3.39. The summed E-state index contributed by atoms with van der Waals surface area (Å²) in [6, 6.07) is 9.84. The third-order valence-corrected chi connectivity index (χ3v) is 2.58. The van der Waals surface area contributed by atoms with Gasteiger partial charge in [-0.25, -0.2) is 0 Å². The Bertz CT molecular complexity index is 324. The van der Waals surface area contributed by atoms with E-state index < -0.39 is 0 Å². The molecule has 0 atom stereocenters. The summed E-state index contributed by atoms with van der Waals surface area (Å²) >= 11 is 0. The van der Waals surface area contributed by atoms with Gasteiger partial charge >= 0.3 is 0 Å². The first-order valence-electron chi connectivity index (χ1n) is 5.22. The lowest BCUT2D eigenvalue weighted by atomic mass is 10.1. The van der Waals surface area contributed by atoms with Crippen LogP contribution in [0.1, 0.15) is 26.3 Å². The number of carbonyl (C=O) groups is 1. The summed E-state index contributed by atoms with van der Waals surface area (Å²) in [4.78, 5) is 13.7. The molecule has 1 amide bonds. The van der Waals surface area contributed by atoms with E-state index >= 15 is 0 Å². The third-order valence-electron chi connectivity index (χ3n) is 2.58. The van der Waals surface area contributed by atoms with Gasteiger partial charge in [0.05, 0.1) is 6.42 Å². The molecule has 0 aliphatic rings. The molecule has 0 fully saturated rings. The molecule has 2 nitrogen and oxygen atoms in total. The van der Waals surface area contributed by atoms with E-state index in [2.05, 4.69) is 0 Å². The Hall–Kier alpha value is -1.31. The van der Waals surface area contributed by atoms with Gasteiger partial charge in [0.25, 0.3) is 0 Å². The first-order chi connectivity index (χ1) is 6.91. The highest BCUT2D eigenvalue weighted by Crippen LogP contribution is 2.12. The van der Waals surface area contributed by atoms with Crippen molar-refractivity contribution in [2.75, 3.05) is 7.05 Å². The summed E-state index contributed by atoms with van der Waals surface area (Å²) in [6.07, 6.45) is 0.481. The molecular formula is C13H19NO. The number of hydrogen-bond acceptors (Lipinski definition) is 1. The molecule has 0 bridgehead atoms. The van der Waals surface area contributed by atoms with Crippen molar-refractivity contribution < 1.29 is 4.79 Å². The van der Waals surface area contributed by atoms with E-state index in [0.717, 1.165) is 5.56 Å². The SMILES string of the molecule is CN(C(=O)Cc1ccccc1)C(C)(C)C. The van der Waals surface area contributed by atoms with Crippen LogP contribution in [0.15, 0.2) is 30.3 Å². The van der Waals surface area contributed by atoms with Gasteiger partial charge < -0.3 is 4.90 Å². The average Bonchev–Trinajstić information content (AvgIpc) is 2.16. The van der Waals surface area contributed by atoms with Crippen LogP contribution in [0, 0.1) is 0 Å². The van der Waals surface area contributed by atoms with Crippen LogP contribution < -0.4 is 0 Å². The van der Waals surface area contributed by atoms with E-state index in [1.165, 1.54) is 0 Å². The number of likely N-dealkylation sites (N-methyl/N-ethyl adjacent to an activating group) is 1. The Morgan fingerprint density at radius 3 is 2.20 bits per heavy atom. The first-order valence-corrected chi connectivity index (χ1v) is 5.22. The standard InChI is InChI=1S/C13H19NO/c1-13(2,3)14(4)12(15)10-11-8-6-5-7-9-11/h5-9H,10H2,1-4H3. The summed E-state index contributed by atoms with van der Waals surface area (Å²) in [6.45, 7) is 6.11. The number of nitrogens with zero attached hydrogens (tertiary/aromatic N) is 1. The van der Waals surface area contributed by atoms with Gasteiger partial charge in [0.2, 0.25) is 5.91 Å². The van der Waals surface area contributed by atoms with Crippen LogP contribution in [-0.2, 0) is 11.2 Å². The van der Waals surface area contributed by atoms with Crippen molar-refractivity contribution >= 4 is 5.91 Å². The average molecular weight is 205 g/mol. The van der Waals surface area contributed by atoms with Gasteiger partial charge in [-0.05, 0) is 26.3 Å². The van der Waals surface area contributed by atoms with Crippen LogP contribution in [0.3, 0.4) is 0 Å². The number of rotatable bonds is 2. The fraction of sp³-hybridized carbons (Fsp3) is 0.462. The molecular weight excluding hydrogens is 186 g/mol. The molecule has 0 aliphatic carbocycles. The number of benzene rings is 1. The van der Waals surface area contributed by atoms with Gasteiger partial charge in [0.15, 0.2) is 0 Å². The number of amides is 1. The van der Waals surface area contributed by atoms with Gasteiger partial charge in [0, 0.05) is 12.6 Å². The second-order valence-electron chi connectivity index (χ2n) is 4.79. The second kappa shape index (κ2) is 4.47. The first kappa shape index (κ1) is 11.8. The minimum absolute atomic E-state index is 0.105.